The average Bonchev–Trinajstić information content (AvgIpc) is 2.70. The first-order valence-electron chi connectivity index (χ1n) is 8.15. The molecular formula is C20H19N3O3. The van der Waals surface area contributed by atoms with Crippen LogP contribution in [-0.2, 0) is 4.79 Å². The summed E-state index contributed by atoms with van der Waals surface area (Å²) in [5.74, 6) is 1.64. The highest BCUT2D eigenvalue weighted by molar-refractivity contribution is 5.93. The molecule has 6 nitrogen and oxygen atoms in total. The lowest BCUT2D eigenvalue weighted by Crippen LogP contribution is -2.30. The van der Waals surface area contributed by atoms with Crippen LogP contribution in [0.3, 0.4) is 0 Å². The zero-order valence-corrected chi connectivity index (χ0v) is 14.5. The molecule has 0 fully saturated rings. The van der Waals surface area contributed by atoms with Gasteiger partial charge in [0.05, 0.1) is 25.2 Å². The number of anilines is 1. The number of carbonyl (C=O) groups excluding carboxylic acids is 1. The van der Waals surface area contributed by atoms with Crippen molar-refractivity contribution in [2.45, 2.75) is 13.0 Å². The molecule has 1 aromatic heterocycles. The molecule has 3 aromatic rings. The molecule has 0 saturated carbocycles. The summed E-state index contributed by atoms with van der Waals surface area (Å²) in [6.45, 7) is 1.68. The Labute approximate surface area is 151 Å². The predicted octanol–water partition coefficient (Wildman–Crippen LogP) is 3.56. The minimum Gasteiger partial charge on any atom is -0.497 e. The minimum atomic E-state index is -0.669. The van der Waals surface area contributed by atoms with Crippen LogP contribution in [0.4, 0.5) is 5.69 Å². The number of aromatic nitrogens is 2. The van der Waals surface area contributed by atoms with Crippen LogP contribution in [-0.4, -0.2) is 29.1 Å². The van der Waals surface area contributed by atoms with Crippen molar-refractivity contribution >= 4 is 11.6 Å². The lowest BCUT2D eigenvalue weighted by atomic mass is 10.2. The van der Waals surface area contributed by atoms with Gasteiger partial charge in [0.25, 0.3) is 5.91 Å². The number of amides is 1. The van der Waals surface area contributed by atoms with Crippen molar-refractivity contribution in [3.05, 3.63) is 67.0 Å². The molecule has 1 heterocycles. The number of nitrogens with zero attached hydrogens (tertiary/aromatic N) is 2. The van der Waals surface area contributed by atoms with Crippen LogP contribution in [0, 0.1) is 0 Å². The Balaban J connectivity index is 1.59. The molecule has 1 unspecified atom stereocenters. The van der Waals surface area contributed by atoms with Gasteiger partial charge in [-0.25, -0.2) is 9.97 Å². The first kappa shape index (κ1) is 17.4. The Morgan fingerprint density at radius 3 is 2.19 bits per heavy atom. The van der Waals surface area contributed by atoms with Gasteiger partial charge in [0.1, 0.15) is 11.5 Å². The third-order valence-electron chi connectivity index (χ3n) is 3.69. The smallest absolute Gasteiger partial charge is 0.265 e. The van der Waals surface area contributed by atoms with Gasteiger partial charge in [-0.15, -0.1) is 0 Å². The summed E-state index contributed by atoms with van der Waals surface area (Å²) in [4.78, 5) is 20.8. The summed E-state index contributed by atoms with van der Waals surface area (Å²) in [5.41, 5.74) is 1.43. The number of benzene rings is 2. The van der Waals surface area contributed by atoms with Crippen molar-refractivity contribution in [3.63, 3.8) is 0 Å². The maximum atomic E-state index is 12.3. The van der Waals surface area contributed by atoms with Crippen LogP contribution in [0.1, 0.15) is 6.92 Å². The van der Waals surface area contributed by atoms with E-state index in [1.54, 1.807) is 50.7 Å². The molecular weight excluding hydrogens is 330 g/mol. The van der Waals surface area contributed by atoms with Crippen molar-refractivity contribution in [1.29, 1.82) is 0 Å². The number of hydrogen-bond donors (Lipinski definition) is 1. The fourth-order valence-electron chi connectivity index (χ4n) is 2.28. The van der Waals surface area contributed by atoms with Crippen LogP contribution in [0.2, 0.25) is 0 Å². The fraction of sp³-hybridized carbons (Fsp3) is 0.150. The molecule has 1 atom stereocenters. The topological polar surface area (TPSA) is 73.3 Å². The average molecular weight is 349 g/mol. The summed E-state index contributed by atoms with van der Waals surface area (Å²) in [7, 11) is 1.59. The van der Waals surface area contributed by atoms with E-state index in [0.29, 0.717) is 17.3 Å². The van der Waals surface area contributed by atoms with Gasteiger partial charge in [0, 0.05) is 5.56 Å². The van der Waals surface area contributed by atoms with E-state index in [4.69, 9.17) is 9.47 Å². The summed E-state index contributed by atoms with van der Waals surface area (Å²) in [6, 6.07) is 16.7. The van der Waals surface area contributed by atoms with Gasteiger partial charge >= 0.3 is 0 Å². The second-order valence-corrected chi connectivity index (χ2v) is 5.59. The molecule has 1 N–H and O–H groups in total. The highest BCUT2D eigenvalue weighted by Crippen LogP contribution is 2.19. The van der Waals surface area contributed by atoms with Crippen molar-refractivity contribution in [3.8, 4) is 22.9 Å². The Bertz CT molecular complexity index is 850. The molecule has 26 heavy (non-hydrogen) atoms. The SMILES string of the molecule is COc1ccc(OC(C)C(=O)Nc2cnc(-c3ccccc3)nc2)cc1. The van der Waals surface area contributed by atoms with Crippen molar-refractivity contribution in [2.75, 3.05) is 12.4 Å². The van der Waals surface area contributed by atoms with Crippen LogP contribution < -0.4 is 14.8 Å². The van der Waals surface area contributed by atoms with Crippen LogP contribution in [0.25, 0.3) is 11.4 Å². The van der Waals surface area contributed by atoms with Crippen LogP contribution in [0.15, 0.2) is 67.0 Å². The molecule has 1 amide bonds. The monoisotopic (exact) mass is 349 g/mol. The van der Waals surface area contributed by atoms with E-state index in [1.165, 1.54) is 0 Å². The van der Waals surface area contributed by atoms with E-state index in [0.717, 1.165) is 11.3 Å². The Hall–Kier alpha value is -3.41. The number of methoxy groups -OCH3 is 1. The van der Waals surface area contributed by atoms with Gasteiger partial charge < -0.3 is 14.8 Å². The number of hydrogen-bond acceptors (Lipinski definition) is 5. The molecule has 0 aliphatic carbocycles. The highest BCUT2D eigenvalue weighted by atomic mass is 16.5. The highest BCUT2D eigenvalue weighted by Gasteiger charge is 2.15. The lowest BCUT2D eigenvalue weighted by Gasteiger charge is -2.15. The molecule has 6 heteroatoms. The first-order chi connectivity index (χ1) is 12.7. The number of rotatable bonds is 6. The van der Waals surface area contributed by atoms with Gasteiger partial charge in [-0.2, -0.15) is 0 Å². The predicted molar refractivity (Wildman–Crippen MR) is 99.2 cm³/mol. The van der Waals surface area contributed by atoms with Crippen molar-refractivity contribution in [2.24, 2.45) is 0 Å². The van der Waals surface area contributed by atoms with E-state index < -0.39 is 6.10 Å². The van der Waals surface area contributed by atoms with Crippen molar-refractivity contribution in [1.82, 2.24) is 9.97 Å². The quantitative estimate of drug-likeness (QED) is 0.737. The fourth-order valence-corrected chi connectivity index (χ4v) is 2.28. The van der Waals surface area contributed by atoms with Gasteiger partial charge in [-0.1, -0.05) is 30.3 Å². The zero-order valence-electron chi connectivity index (χ0n) is 14.5. The Kier molecular flexibility index (Phi) is 5.43. The van der Waals surface area contributed by atoms with E-state index in [2.05, 4.69) is 15.3 Å². The number of carbonyl (C=O) groups is 1. The maximum absolute atomic E-state index is 12.3. The first-order valence-corrected chi connectivity index (χ1v) is 8.15. The molecule has 0 spiro atoms. The summed E-state index contributed by atoms with van der Waals surface area (Å²) in [6.07, 6.45) is 2.48. The van der Waals surface area contributed by atoms with Crippen LogP contribution >= 0.6 is 0 Å². The number of nitrogens with one attached hydrogen (secondary N) is 1. The maximum Gasteiger partial charge on any atom is 0.265 e. The summed E-state index contributed by atoms with van der Waals surface area (Å²) >= 11 is 0. The molecule has 132 valence electrons. The molecule has 0 bridgehead atoms. The van der Waals surface area contributed by atoms with E-state index in [1.807, 2.05) is 30.3 Å². The van der Waals surface area contributed by atoms with Gasteiger partial charge in [-0.05, 0) is 31.2 Å². The Morgan fingerprint density at radius 1 is 0.962 bits per heavy atom. The zero-order chi connectivity index (χ0) is 18.4. The summed E-state index contributed by atoms with van der Waals surface area (Å²) in [5, 5.41) is 2.75. The van der Waals surface area contributed by atoms with E-state index in [-0.39, 0.29) is 5.91 Å². The van der Waals surface area contributed by atoms with Gasteiger partial charge in [0.15, 0.2) is 11.9 Å². The molecule has 0 aliphatic rings. The van der Waals surface area contributed by atoms with Crippen molar-refractivity contribution < 1.29 is 14.3 Å². The third-order valence-corrected chi connectivity index (χ3v) is 3.69. The molecule has 0 aliphatic heterocycles. The minimum absolute atomic E-state index is 0.281. The molecule has 0 radical (unpaired) electrons. The van der Waals surface area contributed by atoms with E-state index in [9.17, 15) is 4.79 Å². The second kappa shape index (κ2) is 8.11. The van der Waals surface area contributed by atoms with E-state index >= 15 is 0 Å². The largest absolute Gasteiger partial charge is 0.497 e. The standard InChI is InChI=1S/C20H19N3O3/c1-14(26-18-10-8-17(25-2)9-11-18)20(24)23-16-12-21-19(22-13-16)15-6-4-3-5-7-15/h3-14H,1-2H3,(H,23,24). The molecule has 0 saturated heterocycles. The number of ether oxygens (including phenoxy) is 2. The Morgan fingerprint density at radius 2 is 1.58 bits per heavy atom. The second-order valence-electron chi connectivity index (χ2n) is 5.59. The molecule has 2 aromatic carbocycles. The summed E-state index contributed by atoms with van der Waals surface area (Å²) < 4.78 is 10.7. The van der Waals surface area contributed by atoms with Gasteiger partial charge in [-0.3, -0.25) is 4.79 Å². The third kappa shape index (κ3) is 4.36. The normalized spacial score (nSPS) is 11.5. The lowest BCUT2D eigenvalue weighted by molar-refractivity contribution is -0.122. The molecule has 3 rings (SSSR count). The van der Waals surface area contributed by atoms with Gasteiger partial charge in [0.2, 0.25) is 0 Å². The van der Waals surface area contributed by atoms with Crippen LogP contribution in [0.5, 0.6) is 11.5 Å².